The second-order valence-electron chi connectivity index (χ2n) is 2.75. The number of hydrogen-bond donors (Lipinski definition) is 2. The number of carbonyl (C=O) groups is 1. The van der Waals surface area contributed by atoms with Gasteiger partial charge in [0.05, 0.1) is 5.56 Å². The number of ketones is 1. The molecule has 1 rings (SSSR count). The Bertz CT molecular complexity index is 343. The number of nitrogens with two attached hydrogens (primary N) is 1. The Hall–Kier alpha value is -1.49. The van der Waals surface area contributed by atoms with Gasteiger partial charge in [-0.25, -0.2) is 8.78 Å². The summed E-state index contributed by atoms with van der Waals surface area (Å²) in [5.74, 6) is -3.39. The summed E-state index contributed by atoms with van der Waals surface area (Å²) in [5.41, 5.74) is 4.44. The predicted octanol–water partition coefficient (Wildman–Crippen LogP) is 1.20. The van der Waals surface area contributed by atoms with Crippen LogP contribution in [0.25, 0.3) is 0 Å². The van der Waals surface area contributed by atoms with Crippen molar-refractivity contribution in [1.82, 2.24) is 0 Å². The van der Waals surface area contributed by atoms with E-state index in [1.807, 2.05) is 0 Å². The van der Waals surface area contributed by atoms with Crippen molar-refractivity contribution in [3.05, 3.63) is 29.3 Å². The molecular weight excluding hydrogens is 192 g/mol. The number of benzene rings is 1. The zero-order valence-corrected chi connectivity index (χ0v) is 7.26. The van der Waals surface area contributed by atoms with Gasteiger partial charge in [-0.15, -0.1) is 0 Å². The van der Waals surface area contributed by atoms with E-state index < -0.39 is 28.7 Å². The molecule has 0 aromatic heterocycles. The second kappa shape index (κ2) is 4.15. The van der Waals surface area contributed by atoms with Gasteiger partial charge in [-0.3, -0.25) is 4.79 Å². The molecule has 0 aliphatic carbocycles. The fourth-order valence-electron chi connectivity index (χ4n) is 1.08. The first-order valence-electron chi connectivity index (χ1n) is 3.97. The Morgan fingerprint density at radius 3 is 2.29 bits per heavy atom. The van der Waals surface area contributed by atoms with E-state index >= 15 is 0 Å². The number of rotatable bonds is 3. The van der Waals surface area contributed by atoms with Crippen LogP contribution in [-0.2, 0) is 0 Å². The Kier molecular flexibility index (Phi) is 3.14. The largest absolute Gasteiger partial charge is 0.508 e. The van der Waals surface area contributed by atoms with E-state index in [0.717, 1.165) is 0 Å². The molecule has 1 aromatic carbocycles. The maximum atomic E-state index is 13.0. The van der Waals surface area contributed by atoms with Crippen molar-refractivity contribution in [2.24, 2.45) is 5.73 Å². The summed E-state index contributed by atoms with van der Waals surface area (Å²) in [6, 6.07) is 1.37. The van der Waals surface area contributed by atoms with E-state index in [2.05, 4.69) is 0 Å². The van der Waals surface area contributed by atoms with E-state index in [-0.39, 0.29) is 13.0 Å². The molecule has 0 bridgehead atoms. The highest BCUT2D eigenvalue weighted by molar-refractivity contribution is 5.96. The lowest BCUT2D eigenvalue weighted by atomic mass is 10.1. The Labute approximate surface area is 79.2 Å². The summed E-state index contributed by atoms with van der Waals surface area (Å²) in [7, 11) is 0. The molecule has 0 saturated heterocycles. The van der Waals surface area contributed by atoms with Crippen molar-refractivity contribution < 1.29 is 18.7 Å². The average Bonchev–Trinajstić information content (AvgIpc) is 2.01. The summed E-state index contributed by atoms with van der Waals surface area (Å²) in [5, 5.41) is 8.81. The molecule has 0 radical (unpaired) electrons. The lowest BCUT2D eigenvalue weighted by Crippen LogP contribution is -2.11. The third-order valence-corrected chi connectivity index (χ3v) is 1.68. The first-order valence-corrected chi connectivity index (χ1v) is 3.97. The maximum Gasteiger partial charge on any atom is 0.170 e. The molecule has 3 nitrogen and oxygen atoms in total. The summed E-state index contributed by atoms with van der Waals surface area (Å²) < 4.78 is 26.0. The topological polar surface area (TPSA) is 63.3 Å². The number of halogens is 2. The smallest absolute Gasteiger partial charge is 0.170 e. The molecule has 0 heterocycles. The van der Waals surface area contributed by atoms with Gasteiger partial charge in [0.2, 0.25) is 0 Å². The van der Waals surface area contributed by atoms with Crippen molar-refractivity contribution in [1.29, 1.82) is 0 Å². The Balaban J connectivity index is 3.14. The highest BCUT2D eigenvalue weighted by Crippen LogP contribution is 2.20. The van der Waals surface area contributed by atoms with Gasteiger partial charge in [0, 0.05) is 18.6 Å². The van der Waals surface area contributed by atoms with Gasteiger partial charge in [-0.1, -0.05) is 0 Å². The van der Waals surface area contributed by atoms with Crippen LogP contribution in [0.5, 0.6) is 5.75 Å². The zero-order valence-electron chi connectivity index (χ0n) is 7.26. The summed E-state index contributed by atoms with van der Waals surface area (Å²) in [6.45, 7) is 0.0264. The van der Waals surface area contributed by atoms with E-state index in [9.17, 15) is 13.6 Å². The van der Waals surface area contributed by atoms with E-state index in [0.29, 0.717) is 12.1 Å². The number of carbonyl (C=O) groups excluding carboxylic acids is 1. The van der Waals surface area contributed by atoms with Crippen LogP contribution in [0.3, 0.4) is 0 Å². The lowest BCUT2D eigenvalue weighted by Gasteiger charge is -2.03. The minimum absolute atomic E-state index is 0.0264. The molecule has 0 aliphatic heterocycles. The van der Waals surface area contributed by atoms with Crippen LogP contribution in [0, 0.1) is 11.6 Å². The van der Waals surface area contributed by atoms with E-state index in [1.165, 1.54) is 0 Å². The van der Waals surface area contributed by atoms with Crippen LogP contribution in [-0.4, -0.2) is 17.4 Å². The van der Waals surface area contributed by atoms with Gasteiger partial charge in [0.1, 0.15) is 17.4 Å². The third-order valence-electron chi connectivity index (χ3n) is 1.68. The van der Waals surface area contributed by atoms with Crippen LogP contribution < -0.4 is 5.73 Å². The quantitative estimate of drug-likeness (QED) is 0.722. The third kappa shape index (κ3) is 2.05. The first-order chi connectivity index (χ1) is 6.56. The normalized spacial score (nSPS) is 10.2. The van der Waals surface area contributed by atoms with Gasteiger partial charge in [0.25, 0.3) is 0 Å². The van der Waals surface area contributed by atoms with Gasteiger partial charge in [-0.05, 0) is 6.54 Å². The number of aromatic hydroxyl groups is 1. The molecule has 5 heteroatoms. The highest BCUT2D eigenvalue weighted by Gasteiger charge is 2.17. The van der Waals surface area contributed by atoms with Crippen LogP contribution in [0.15, 0.2) is 12.1 Å². The van der Waals surface area contributed by atoms with Crippen LogP contribution in [0.1, 0.15) is 16.8 Å². The highest BCUT2D eigenvalue weighted by atomic mass is 19.1. The molecule has 0 amide bonds. The van der Waals surface area contributed by atoms with Crippen LogP contribution in [0.2, 0.25) is 0 Å². The Morgan fingerprint density at radius 1 is 1.36 bits per heavy atom. The monoisotopic (exact) mass is 201 g/mol. The summed E-state index contributed by atoms with van der Waals surface area (Å²) in [6.07, 6.45) is -0.126. The lowest BCUT2D eigenvalue weighted by molar-refractivity contribution is 0.0977. The average molecular weight is 201 g/mol. The molecule has 76 valence electrons. The summed E-state index contributed by atoms with van der Waals surface area (Å²) in [4.78, 5) is 11.2. The van der Waals surface area contributed by atoms with E-state index in [1.54, 1.807) is 0 Å². The molecule has 0 aliphatic rings. The predicted molar refractivity (Wildman–Crippen MR) is 46.0 cm³/mol. The fraction of sp³-hybridized carbons (Fsp3) is 0.222. The van der Waals surface area contributed by atoms with Gasteiger partial charge < -0.3 is 10.8 Å². The minimum Gasteiger partial charge on any atom is -0.508 e. The van der Waals surface area contributed by atoms with Gasteiger partial charge >= 0.3 is 0 Å². The SMILES string of the molecule is NCCC(=O)c1c(F)cc(O)cc1F. The molecule has 0 saturated carbocycles. The van der Waals surface area contributed by atoms with Crippen LogP contribution >= 0.6 is 0 Å². The zero-order chi connectivity index (χ0) is 10.7. The Morgan fingerprint density at radius 2 is 1.86 bits per heavy atom. The number of hydrogen-bond acceptors (Lipinski definition) is 3. The summed E-state index contributed by atoms with van der Waals surface area (Å²) >= 11 is 0. The van der Waals surface area contributed by atoms with Crippen molar-refractivity contribution in [2.75, 3.05) is 6.54 Å². The van der Waals surface area contributed by atoms with Gasteiger partial charge in [-0.2, -0.15) is 0 Å². The molecule has 0 unspecified atom stereocenters. The molecule has 3 N–H and O–H groups in total. The second-order valence-corrected chi connectivity index (χ2v) is 2.75. The maximum absolute atomic E-state index is 13.0. The van der Waals surface area contributed by atoms with Crippen molar-refractivity contribution in [3.63, 3.8) is 0 Å². The number of phenols is 1. The molecular formula is C9H9F2NO2. The van der Waals surface area contributed by atoms with Crippen molar-refractivity contribution >= 4 is 5.78 Å². The molecule has 14 heavy (non-hydrogen) atoms. The van der Waals surface area contributed by atoms with Crippen molar-refractivity contribution in [2.45, 2.75) is 6.42 Å². The molecule has 0 atom stereocenters. The number of Topliss-reactive ketones (excluding diaryl/α,β-unsaturated/α-hetero) is 1. The number of phenolic OH excluding ortho intramolecular Hbond substituents is 1. The fourth-order valence-corrected chi connectivity index (χ4v) is 1.08. The standard InChI is InChI=1S/C9H9F2NO2/c10-6-3-5(13)4-7(11)9(6)8(14)1-2-12/h3-4,13H,1-2,12H2. The molecule has 1 aromatic rings. The van der Waals surface area contributed by atoms with Crippen molar-refractivity contribution in [3.8, 4) is 5.75 Å². The van der Waals surface area contributed by atoms with Gasteiger partial charge in [0.15, 0.2) is 5.78 Å². The first kappa shape index (κ1) is 10.6. The minimum atomic E-state index is -1.07. The molecule has 0 spiro atoms. The van der Waals surface area contributed by atoms with Crippen LogP contribution in [0.4, 0.5) is 8.78 Å². The molecule has 0 fully saturated rings. The van der Waals surface area contributed by atoms with E-state index in [4.69, 9.17) is 10.8 Å².